The fraction of sp³-hybridized carbons (Fsp3) is 0.357. The molecular formula is C14H16BrNO. The first kappa shape index (κ1) is 12.4. The van der Waals surface area contributed by atoms with Crippen LogP contribution in [0.4, 0.5) is 0 Å². The monoisotopic (exact) mass is 293 g/mol. The van der Waals surface area contributed by atoms with Gasteiger partial charge >= 0.3 is 0 Å². The van der Waals surface area contributed by atoms with Crippen molar-refractivity contribution in [2.45, 2.75) is 25.7 Å². The standard InChI is InChI=1S/C14H16BrNO/c15-14-7-2-1-5-12(14)8-9-13-6-3-4-10-16(13)11-17/h1-2,5-7,11H,3-4,8-10H2. The second-order valence-electron chi connectivity index (χ2n) is 4.23. The number of rotatable bonds is 4. The Morgan fingerprint density at radius 2 is 2.12 bits per heavy atom. The molecule has 1 heterocycles. The quantitative estimate of drug-likeness (QED) is 0.778. The van der Waals surface area contributed by atoms with Gasteiger partial charge in [-0.25, -0.2) is 0 Å². The lowest BCUT2D eigenvalue weighted by atomic mass is 10.0. The van der Waals surface area contributed by atoms with E-state index < -0.39 is 0 Å². The number of aryl methyl sites for hydroxylation is 1. The molecule has 1 amide bonds. The number of hydrogen-bond acceptors (Lipinski definition) is 1. The molecule has 1 aliphatic heterocycles. The first-order valence-electron chi connectivity index (χ1n) is 5.95. The van der Waals surface area contributed by atoms with E-state index in [9.17, 15) is 4.79 Å². The first-order chi connectivity index (χ1) is 8.31. The van der Waals surface area contributed by atoms with Gasteiger partial charge in [0, 0.05) is 16.7 Å². The van der Waals surface area contributed by atoms with Gasteiger partial charge in [0.15, 0.2) is 0 Å². The molecule has 0 atom stereocenters. The summed E-state index contributed by atoms with van der Waals surface area (Å²) in [5, 5.41) is 0. The van der Waals surface area contributed by atoms with E-state index in [1.165, 1.54) is 11.3 Å². The summed E-state index contributed by atoms with van der Waals surface area (Å²) in [5.74, 6) is 0. The summed E-state index contributed by atoms with van der Waals surface area (Å²) in [6.45, 7) is 0.866. The van der Waals surface area contributed by atoms with Gasteiger partial charge in [-0.15, -0.1) is 0 Å². The summed E-state index contributed by atoms with van der Waals surface area (Å²) in [7, 11) is 0. The molecule has 2 rings (SSSR count). The van der Waals surface area contributed by atoms with E-state index in [1.54, 1.807) is 0 Å². The Balaban J connectivity index is 2.00. The Labute approximate surface area is 110 Å². The second kappa shape index (κ2) is 6.01. The van der Waals surface area contributed by atoms with Crippen molar-refractivity contribution in [1.29, 1.82) is 0 Å². The van der Waals surface area contributed by atoms with Crippen molar-refractivity contribution in [3.8, 4) is 0 Å². The summed E-state index contributed by atoms with van der Waals surface area (Å²) in [5.41, 5.74) is 2.46. The molecule has 0 saturated heterocycles. The Kier molecular flexibility index (Phi) is 4.37. The van der Waals surface area contributed by atoms with Crippen LogP contribution in [-0.4, -0.2) is 17.9 Å². The van der Waals surface area contributed by atoms with Crippen LogP contribution < -0.4 is 0 Å². The Morgan fingerprint density at radius 1 is 1.29 bits per heavy atom. The van der Waals surface area contributed by atoms with E-state index in [1.807, 2.05) is 17.0 Å². The Hall–Kier alpha value is -1.09. The number of hydrogen-bond donors (Lipinski definition) is 0. The number of benzene rings is 1. The number of halogens is 1. The molecule has 0 unspecified atom stereocenters. The minimum absolute atomic E-state index is 0.866. The van der Waals surface area contributed by atoms with Crippen LogP contribution in [0.5, 0.6) is 0 Å². The number of carbonyl (C=O) groups excluding carboxylic acids is 1. The molecule has 0 fully saturated rings. The van der Waals surface area contributed by atoms with E-state index >= 15 is 0 Å². The van der Waals surface area contributed by atoms with Gasteiger partial charge in [0.25, 0.3) is 0 Å². The second-order valence-corrected chi connectivity index (χ2v) is 5.08. The van der Waals surface area contributed by atoms with Crippen molar-refractivity contribution in [1.82, 2.24) is 4.90 Å². The van der Waals surface area contributed by atoms with Gasteiger partial charge < -0.3 is 4.90 Å². The molecule has 90 valence electrons. The van der Waals surface area contributed by atoms with Crippen molar-refractivity contribution >= 4 is 22.3 Å². The van der Waals surface area contributed by atoms with Crippen molar-refractivity contribution in [3.05, 3.63) is 46.1 Å². The molecule has 0 saturated carbocycles. The van der Waals surface area contributed by atoms with Crippen LogP contribution in [0.2, 0.25) is 0 Å². The van der Waals surface area contributed by atoms with E-state index in [0.29, 0.717) is 0 Å². The highest BCUT2D eigenvalue weighted by Gasteiger charge is 2.12. The molecule has 0 aromatic heterocycles. The molecule has 1 aromatic carbocycles. The van der Waals surface area contributed by atoms with Gasteiger partial charge in [0.2, 0.25) is 6.41 Å². The summed E-state index contributed by atoms with van der Waals surface area (Å²) < 4.78 is 1.15. The zero-order valence-corrected chi connectivity index (χ0v) is 11.3. The molecule has 0 bridgehead atoms. The minimum Gasteiger partial charge on any atom is -0.319 e. The fourth-order valence-electron chi connectivity index (χ4n) is 2.12. The van der Waals surface area contributed by atoms with Crippen LogP contribution in [-0.2, 0) is 11.2 Å². The van der Waals surface area contributed by atoms with Crippen LogP contribution in [0.3, 0.4) is 0 Å². The molecule has 0 radical (unpaired) electrons. The minimum atomic E-state index is 0.866. The van der Waals surface area contributed by atoms with Crippen molar-refractivity contribution in [2.24, 2.45) is 0 Å². The van der Waals surface area contributed by atoms with Gasteiger partial charge in [-0.1, -0.05) is 40.2 Å². The first-order valence-corrected chi connectivity index (χ1v) is 6.75. The Bertz CT molecular complexity index is 428. The van der Waals surface area contributed by atoms with Crippen LogP contribution >= 0.6 is 15.9 Å². The fourth-order valence-corrected chi connectivity index (χ4v) is 2.60. The normalized spacial score (nSPS) is 15.6. The molecule has 0 N–H and O–H groups in total. The van der Waals surface area contributed by atoms with Crippen LogP contribution in [0.1, 0.15) is 24.8 Å². The highest BCUT2D eigenvalue weighted by atomic mass is 79.9. The number of nitrogens with zero attached hydrogens (tertiary/aromatic N) is 1. The van der Waals surface area contributed by atoms with E-state index in [0.717, 1.165) is 43.1 Å². The van der Waals surface area contributed by atoms with E-state index in [4.69, 9.17) is 0 Å². The summed E-state index contributed by atoms with van der Waals surface area (Å²) in [4.78, 5) is 12.8. The van der Waals surface area contributed by atoms with Crippen molar-refractivity contribution in [3.63, 3.8) is 0 Å². The molecular weight excluding hydrogens is 278 g/mol. The maximum atomic E-state index is 10.9. The lowest BCUT2D eigenvalue weighted by Gasteiger charge is -2.24. The van der Waals surface area contributed by atoms with E-state index in [2.05, 4.69) is 34.1 Å². The highest BCUT2D eigenvalue weighted by molar-refractivity contribution is 9.10. The summed E-state index contributed by atoms with van der Waals surface area (Å²) >= 11 is 3.55. The van der Waals surface area contributed by atoms with Gasteiger partial charge in [-0.05, 0) is 37.3 Å². The summed E-state index contributed by atoms with van der Waals surface area (Å²) in [6, 6.07) is 8.25. The average molecular weight is 294 g/mol. The van der Waals surface area contributed by atoms with Gasteiger partial charge in [-0.3, -0.25) is 4.79 Å². The molecule has 1 aliphatic rings. The molecule has 17 heavy (non-hydrogen) atoms. The van der Waals surface area contributed by atoms with Crippen molar-refractivity contribution in [2.75, 3.05) is 6.54 Å². The van der Waals surface area contributed by atoms with Crippen LogP contribution in [0.15, 0.2) is 40.5 Å². The highest BCUT2D eigenvalue weighted by Crippen LogP contribution is 2.22. The Morgan fingerprint density at radius 3 is 2.88 bits per heavy atom. The third-order valence-corrected chi connectivity index (χ3v) is 3.86. The van der Waals surface area contributed by atoms with Gasteiger partial charge in [-0.2, -0.15) is 0 Å². The average Bonchev–Trinajstić information content (AvgIpc) is 2.38. The zero-order chi connectivity index (χ0) is 12.1. The topological polar surface area (TPSA) is 20.3 Å². The largest absolute Gasteiger partial charge is 0.319 e. The predicted octanol–water partition coefficient (Wildman–Crippen LogP) is 3.52. The third-order valence-electron chi connectivity index (χ3n) is 3.09. The molecule has 0 aliphatic carbocycles. The SMILES string of the molecule is O=CN1CCCC=C1CCc1ccccc1Br. The molecule has 0 spiro atoms. The lowest BCUT2D eigenvalue weighted by molar-refractivity contribution is -0.116. The molecule has 3 heteroatoms. The van der Waals surface area contributed by atoms with Gasteiger partial charge in [0.05, 0.1) is 0 Å². The van der Waals surface area contributed by atoms with Crippen LogP contribution in [0, 0.1) is 0 Å². The molecule has 1 aromatic rings. The number of carbonyl (C=O) groups is 1. The smallest absolute Gasteiger partial charge is 0.213 e. The maximum Gasteiger partial charge on any atom is 0.213 e. The zero-order valence-electron chi connectivity index (χ0n) is 9.73. The lowest BCUT2D eigenvalue weighted by Crippen LogP contribution is -2.25. The van der Waals surface area contributed by atoms with Crippen molar-refractivity contribution < 1.29 is 4.79 Å². The van der Waals surface area contributed by atoms with Gasteiger partial charge in [0.1, 0.15) is 0 Å². The van der Waals surface area contributed by atoms with E-state index in [-0.39, 0.29) is 0 Å². The third kappa shape index (κ3) is 3.19. The van der Waals surface area contributed by atoms with Crippen LogP contribution in [0.25, 0.3) is 0 Å². The number of allylic oxidation sites excluding steroid dienone is 2. The predicted molar refractivity (Wildman–Crippen MR) is 72.6 cm³/mol. The molecule has 2 nitrogen and oxygen atoms in total. The summed E-state index contributed by atoms with van der Waals surface area (Å²) in [6.07, 6.45) is 7.21. The number of amides is 1. The maximum absolute atomic E-state index is 10.9.